The first-order valence-corrected chi connectivity index (χ1v) is 11.0. The number of carbonyl (C=O) groups is 2. The van der Waals surface area contributed by atoms with Crippen molar-refractivity contribution < 1.29 is 14.3 Å². The topological polar surface area (TPSA) is 62.2 Å². The Hall–Kier alpha value is -3.45. The number of amides is 1. The normalized spacial score (nSPS) is 17.6. The molecular weight excluding hydrogens is 470 g/mol. The van der Waals surface area contributed by atoms with E-state index in [9.17, 15) is 9.59 Å². The number of rotatable bonds is 5. The van der Waals surface area contributed by atoms with E-state index in [2.05, 4.69) is 28.1 Å². The minimum atomic E-state index is -0.530. The molecule has 1 amide bonds. The summed E-state index contributed by atoms with van der Waals surface area (Å²) in [6, 6.07) is 23.2. The summed E-state index contributed by atoms with van der Waals surface area (Å²) in [7, 11) is 1.64. The van der Waals surface area contributed by atoms with Gasteiger partial charge in [0.15, 0.2) is 0 Å². The fourth-order valence-electron chi connectivity index (χ4n) is 4.17. The van der Waals surface area contributed by atoms with E-state index in [4.69, 9.17) is 9.84 Å². The lowest BCUT2D eigenvalue weighted by Gasteiger charge is -2.28. The second-order valence-electron chi connectivity index (χ2n) is 7.71. The number of halogens is 1. The highest BCUT2D eigenvalue weighted by Crippen LogP contribution is 2.36. The van der Waals surface area contributed by atoms with E-state index in [1.807, 2.05) is 53.5 Å². The maximum atomic E-state index is 12.8. The van der Waals surface area contributed by atoms with Crippen molar-refractivity contribution in [3.8, 4) is 5.75 Å². The zero-order chi connectivity index (χ0) is 22.2. The fraction of sp³-hybridized carbons (Fsp3) is 0.160. The Morgan fingerprint density at radius 1 is 1.03 bits per heavy atom. The maximum absolute atomic E-state index is 12.8. The summed E-state index contributed by atoms with van der Waals surface area (Å²) in [5, 5.41) is 6.78. The summed E-state index contributed by atoms with van der Waals surface area (Å²) in [5.74, 6) is -0.234. The Morgan fingerprint density at radius 3 is 2.50 bits per heavy atom. The van der Waals surface area contributed by atoms with Gasteiger partial charge in [0, 0.05) is 10.9 Å². The Morgan fingerprint density at radius 2 is 1.78 bits per heavy atom. The second kappa shape index (κ2) is 8.24. The van der Waals surface area contributed by atoms with Crippen LogP contribution in [0.5, 0.6) is 5.75 Å². The van der Waals surface area contributed by atoms with Gasteiger partial charge < -0.3 is 4.74 Å². The lowest BCUT2D eigenvalue weighted by Crippen LogP contribution is -2.39. The van der Waals surface area contributed by atoms with E-state index < -0.39 is 11.7 Å². The number of hydrogen-bond acceptors (Lipinski definition) is 5. The molecule has 3 aromatic rings. The summed E-state index contributed by atoms with van der Waals surface area (Å²) in [6.45, 7) is 0.193. The van der Waals surface area contributed by atoms with E-state index in [0.717, 1.165) is 27.1 Å². The number of Topliss-reactive ketones (excluding diaryl/α,β-unsaturated/α-hetero) is 1. The Labute approximate surface area is 194 Å². The highest BCUT2D eigenvalue weighted by atomic mass is 79.9. The predicted molar refractivity (Wildman–Crippen MR) is 126 cm³/mol. The summed E-state index contributed by atoms with van der Waals surface area (Å²) in [5.41, 5.74) is 4.06. The molecule has 0 fully saturated rings. The molecular formula is C25H20BrN3O3. The van der Waals surface area contributed by atoms with Gasteiger partial charge in [-0.05, 0) is 53.6 Å². The lowest BCUT2D eigenvalue weighted by molar-refractivity contribution is -0.114. The molecule has 0 radical (unpaired) electrons. The molecule has 1 unspecified atom stereocenters. The van der Waals surface area contributed by atoms with Crippen molar-refractivity contribution in [1.29, 1.82) is 0 Å². The van der Waals surface area contributed by atoms with Gasteiger partial charge in [-0.25, -0.2) is 0 Å². The van der Waals surface area contributed by atoms with Gasteiger partial charge in [-0.3, -0.25) is 19.5 Å². The summed E-state index contributed by atoms with van der Waals surface area (Å²) >= 11 is 3.38. The molecule has 0 saturated carbocycles. The standard InChI is InChI=1S/C25H20BrN3O3/c1-32-19-10-7-16(8-11-19)21-14-23(17-5-3-2-4-6-17)29(27-21)15-28-22-12-9-18(26)13-20(22)24(30)25(28)31/h2-13,23H,14-15H2,1H3. The van der Waals surface area contributed by atoms with Crippen molar-refractivity contribution in [1.82, 2.24) is 5.01 Å². The lowest BCUT2D eigenvalue weighted by atomic mass is 9.98. The van der Waals surface area contributed by atoms with Crippen LogP contribution >= 0.6 is 15.9 Å². The first-order chi connectivity index (χ1) is 15.5. The molecule has 5 rings (SSSR count). The Bertz CT molecular complexity index is 1220. The van der Waals surface area contributed by atoms with Crippen molar-refractivity contribution in [2.45, 2.75) is 12.5 Å². The average Bonchev–Trinajstić information content (AvgIpc) is 3.35. The fourth-order valence-corrected chi connectivity index (χ4v) is 4.53. The van der Waals surface area contributed by atoms with E-state index in [1.165, 1.54) is 4.90 Å². The molecule has 32 heavy (non-hydrogen) atoms. The molecule has 0 saturated heterocycles. The number of anilines is 1. The van der Waals surface area contributed by atoms with Crippen LogP contribution in [-0.2, 0) is 4.79 Å². The van der Waals surface area contributed by atoms with Crippen molar-refractivity contribution >= 4 is 39.0 Å². The maximum Gasteiger partial charge on any atom is 0.301 e. The Kier molecular flexibility index (Phi) is 5.27. The number of hydrazone groups is 1. The van der Waals surface area contributed by atoms with Gasteiger partial charge in [0.05, 0.1) is 30.1 Å². The summed E-state index contributed by atoms with van der Waals surface area (Å²) in [4.78, 5) is 26.9. The largest absolute Gasteiger partial charge is 0.497 e. The molecule has 0 aliphatic carbocycles. The van der Waals surface area contributed by atoms with Crippen LogP contribution in [0.15, 0.2) is 82.4 Å². The monoisotopic (exact) mass is 489 g/mol. The molecule has 0 N–H and O–H groups in total. The third-order valence-corrected chi connectivity index (χ3v) is 6.32. The molecule has 2 aliphatic heterocycles. The third kappa shape index (κ3) is 3.58. The number of benzene rings is 3. The summed E-state index contributed by atoms with van der Waals surface area (Å²) in [6.07, 6.45) is 0.694. The van der Waals surface area contributed by atoms with Gasteiger partial charge in [0.2, 0.25) is 0 Å². The quantitative estimate of drug-likeness (QED) is 0.483. The molecule has 3 aromatic carbocycles. The highest BCUT2D eigenvalue weighted by molar-refractivity contribution is 9.10. The first-order valence-electron chi connectivity index (χ1n) is 10.2. The molecule has 2 heterocycles. The Balaban J connectivity index is 1.50. The number of hydrogen-bond donors (Lipinski definition) is 0. The van der Waals surface area contributed by atoms with Crippen molar-refractivity contribution in [2.24, 2.45) is 5.10 Å². The van der Waals surface area contributed by atoms with E-state index >= 15 is 0 Å². The zero-order valence-electron chi connectivity index (χ0n) is 17.4. The van der Waals surface area contributed by atoms with Crippen LogP contribution in [0.25, 0.3) is 0 Å². The number of carbonyl (C=O) groups excluding carboxylic acids is 2. The van der Waals surface area contributed by atoms with Crippen molar-refractivity contribution in [3.63, 3.8) is 0 Å². The minimum Gasteiger partial charge on any atom is -0.497 e. The first kappa shape index (κ1) is 20.5. The SMILES string of the molecule is COc1ccc(C2=NN(CN3C(=O)C(=O)c4cc(Br)ccc43)C(c3ccccc3)C2)cc1. The van der Waals surface area contributed by atoms with Gasteiger partial charge in [-0.15, -0.1) is 0 Å². The van der Waals surface area contributed by atoms with Crippen LogP contribution in [0, 0.1) is 0 Å². The van der Waals surface area contributed by atoms with Crippen LogP contribution in [0.4, 0.5) is 5.69 Å². The average molecular weight is 490 g/mol. The summed E-state index contributed by atoms with van der Waals surface area (Å²) < 4.78 is 6.03. The van der Waals surface area contributed by atoms with E-state index in [-0.39, 0.29) is 12.7 Å². The second-order valence-corrected chi connectivity index (χ2v) is 8.63. The number of fused-ring (bicyclic) bond motifs is 1. The van der Waals surface area contributed by atoms with Gasteiger partial charge in [0.25, 0.3) is 5.78 Å². The predicted octanol–water partition coefficient (Wildman–Crippen LogP) is 4.80. The third-order valence-electron chi connectivity index (χ3n) is 5.82. The zero-order valence-corrected chi connectivity index (χ0v) is 19.0. The molecule has 0 bridgehead atoms. The van der Waals surface area contributed by atoms with Gasteiger partial charge in [-0.1, -0.05) is 46.3 Å². The molecule has 6 nitrogen and oxygen atoms in total. The van der Waals surface area contributed by atoms with Crippen LogP contribution in [0.1, 0.15) is 33.9 Å². The van der Waals surface area contributed by atoms with Crippen LogP contribution in [0.2, 0.25) is 0 Å². The van der Waals surface area contributed by atoms with Crippen LogP contribution in [-0.4, -0.2) is 36.2 Å². The molecule has 160 valence electrons. The van der Waals surface area contributed by atoms with E-state index in [1.54, 1.807) is 19.2 Å². The minimum absolute atomic E-state index is 0.0456. The smallest absolute Gasteiger partial charge is 0.301 e. The van der Waals surface area contributed by atoms with Gasteiger partial charge in [-0.2, -0.15) is 5.10 Å². The van der Waals surface area contributed by atoms with Crippen LogP contribution < -0.4 is 9.64 Å². The van der Waals surface area contributed by atoms with Gasteiger partial charge in [0.1, 0.15) is 12.4 Å². The number of ketones is 1. The number of nitrogens with zero attached hydrogens (tertiary/aromatic N) is 3. The van der Waals surface area contributed by atoms with E-state index in [0.29, 0.717) is 17.7 Å². The molecule has 0 aromatic heterocycles. The molecule has 7 heteroatoms. The number of ether oxygens (including phenoxy) is 1. The molecule has 2 aliphatic rings. The van der Waals surface area contributed by atoms with Crippen molar-refractivity contribution in [3.05, 3.63) is 94.0 Å². The molecule has 1 atom stereocenters. The highest BCUT2D eigenvalue weighted by Gasteiger charge is 2.39. The molecule has 0 spiro atoms. The van der Waals surface area contributed by atoms with Crippen molar-refractivity contribution in [2.75, 3.05) is 18.7 Å². The van der Waals surface area contributed by atoms with Crippen LogP contribution in [0.3, 0.4) is 0 Å². The van der Waals surface area contributed by atoms with Gasteiger partial charge >= 0.3 is 5.91 Å². The number of methoxy groups -OCH3 is 1.